The Morgan fingerprint density at radius 1 is 0.197 bits per heavy atom. The van der Waals surface area contributed by atoms with E-state index in [0.717, 1.165) is 100 Å². The first-order valence-electron chi connectivity index (χ1n) is 46.9. The lowest BCUT2D eigenvalue weighted by atomic mass is 9.71. The number of ether oxygens (including phenoxy) is 3. The molecular formula is C128H93N3O6. The van der Waals surface area contributed by atoms with Crippen LogP contribution in [0.3, 0.4) is 0 Å². The van der Waals surface area contributed by atoms with Crippen molar-refractivity contribution in [1.82, 2.24) is 0 Å². The molecular weight excluding hydrogens is 1680 g/mol. The number of carbonyl (C=O) groups is 3. The van der Waals surface area contributed by atoms with Crippen LogP contribution in [0.2, 0.25) is 0 Å². The highest BCUT2D eigenvalue weighted by atomic mass is 16.5. The molecule has 656 valence electrons. The van der Waals surface area contributed by atoms with Gasteiger partial charge in [-0.1, -0.05) is 260 Å². The van der Waals surface area contributed by atoms with E-state index in [-0.39, 0.29) is 16.2 Å². The summed E-state index contributed by atoms with van der Waals surface area (Å²) in [5, 5.41) is 13.9. The van der Waals surface area contributed by atoms with Crippen molar-refractivity contribution >= 4 is 134 Å². The zero-order chi connectivity index (χ0) is 92.7. The van der Waals surface area contributed by atoms with Crippen LogP contribution in [0.25, 0.3) is 98.0 Å². The van der Waals surface area contributed by atoms with Gasteiger partial charge in [-0.25, -0.2) is 14.4 Å². The van der Waals surface area contributed by atoms with Gasteiger partial charge in [-0.3, -0.25) is 0 Å². The minimum atomic E-state index is -0.912. The largest absolute Gasteiger partial charge is 0.423 e. The fraction of sp³-hybridized carbons (Fsp3) is 0.0859. The molecule has 21 aromatic rings. The Kier molecular flexibility index (Phi) is 19.7. The number of anilines is 9. The molecule has 0 fully saturated rings. The molecule has 0 saturated carbocycles. The third kappa shape index (κ3) is 14.3. The molecule has 9 heteroatoms. The SMILES string of the molecule is CC1(C)c2ccccc2-c2ccc(N(c3ccc(C(=O)Oc4ccc(C(C)(c5ccc(OC(=O)c6ccc(N(c7ccc8c(c7)C(C)(C)c7ccccc7-8)c7ccc8cc9ccccc9cc8c7)cc6)cc5)c5ccc(OC(=O)c6ccc(N(c7ccc8c(c7)C(C)(C)c7ccccc7-8)c7ccc8cc9ccccc9cc8c7)cc6)cc5)cc4)cc3)c3ccc4cc5ccccc5cc4c3)cc21. The van der Waals surface area contributed by atoms with Gasteiger partial charge in [-0.05, 0) is 373 Å². The topological polar surface area (TPSA) is 88.6 Å². The van der Waals surface area contributed by atoms with Gasteiger partial charge in [0.1, 0.15) is 17.2 Å². The minimum Gasteiger partial charge on any atom is -0.423 e. The summed E-state index contributed by atoms with van der Waals surface area (Å²) in [7, 11) is 0. The molecule has 137 heavy (non-hydrogen) atoms. The summed E-state index contributed by atoms with van der Waals surface area (Å²) in [5.41, 5.74) is 25.8. The van der Waals surface area contributed by atoms with Crippen molar-refractivity contribution < 1.29 is 28.6 Å². The first kappa shape index (κ1) is 83.1. The molecule has 0 radical (unpaired) electrons. The van der Waals surface area contributed by atoms with E-state index in [0.29, 0.717) is 33.9 Å². The second kappa shape index (κ2) is 32.4. The maximum absolute atomic E-state index is 14.6. The van der Waals surface area contributed by atoms with Gasteiger partial charge >= 0.3 is 17.9 Å². The van der Waals surface area contributed by atoms with Crippen molar-refractivity contribution in [3.05, 3.63) is 504 Å². The summed E-state index contributed by atoms with van der Waals surface area (Å²) in [5.74, 6) is -0.481. The van der Waals surface area contributed by atoms with Crippen LogP contribution in [-0.2, 0) is 21.7 Å². The van der Waals surface area contributed by atoms with Crippen LogP contribution in [0.4, 0.5) is 51.2 Å². The molecule has 21 aromatic carbocycles. The van der Waals surface area contributed by atoms with Crippen molar-refractivity contribution in [2.24, 2.45) is 0 Å². The van der Waals surface area contributed by atoms with E-state index in [1.54, 1.807) is 0 Å². The van der Waals surface area contributed by atoms with E-state index in [9.17, 15) is 14.4 Å². The highest BCUT2D eigenvalue weighted by molar-refractivity contribution is 6.05. The monoisotopic (exact) mass is 1770 g/mol. The summed E-state index contributed by atoms with van der Waals surface area (Å²) in [6.07, 6.45) is 0. The zero-order valence-electron chi connectivity index (χ0n) is 76.9. The van der Waals surface area contributed by atoms with Gasteiger partial charge in [0.2, 0.25) is 0 Å². The van der Waals surface area contributed by atoms with Crippen molar-refractivity contribution in [1.29, 1.82) is 0 Å². The predicted octanol–water partition coefficient (Wildman–Crippen LogP) is 32.9. The van der Waals surface area contributed by atoms with E-state index < -0.39 is 23.3 Å². The second-order valence-electron chi connectivity index (χ2n) is 38.4. The summed E-state index contributed by atoms with van der Waals surface area (Å²) in [6.45, 7) is 15.9. The maximum Gasteiger partial charge on any atom is 0.343 e. The van der Waals surface area contributed by atoms with Crippen LogP contribution in [0.1, 0.15) is 130 Å². The van der Waals surface area contributed by atoms with Gasteiger partial charge in [0.25, 0.3) is 0 Å². The van der Waals surface area contributed by atoms with E-state index in [1.807, 2.05) is 146 Å². The molecule has 0 aromatic heterocycles. The number of hydrogen-bond donors (Lipinski definition) is 0. The second-order valence-corrected chi connectivity index (χ2v) is 38.4. The summed E-state index contributed by atoms with van der Waals surface area (Å²) in [6, 6.07) is 151. The molecule has 3 aliphatic carbocycles. The number of hydrogen-bond acceptors (Lipinski definition) is 9. The van der Waals surface area contributed by atoms with Crippen LogP contribution in [-0.4, -0.2) is 17.9 Å². The molecule has 9 nitrogen and oxygen atoms in total. The van der Waals surface area contributed by atoms with E-state index in [4.69, 9.17) is 14.2 Å². The number of rotatable bonds is 18. The first-order chi connectivity index (χ1) is 66.7. The van der Waals surface area contributed by atoms with E-state index >= 15 is 0 Å². The number of nitrogens with zero attached hydrogens (tertiary/aromatic N) is 3. The van der Waals surface area contributed by atoms with Crippen LogP contribution >= 0.6 is 0 Å². The smallest absolute Gasteiger partial charge is 0.343 e. The Balaban J connectivity index is 0.527. The minimum absolute atomic E-state index is 0.232. The third-order valence-corrected chi connectivity index (χ3v) is 29.3. The summed E-state index contributed by atoms with van der Waals surface area (Å²) < 4.78 is 18.9. The first-order valence-corrected chi connectivity index (χ1v) is 46.9. The number of fused-ring (bicyclic) bond motifs is 15. The maximum atomic E-state index is 14.6. The van der Waals surface area contributed by atoms with E-state index in [1.165, 1.54) is 99.1 Å². The Morgan fingerprint density at radius 2 is 0.401 bits per heavy atom. The predicted molar refractivity (Wildman–Crippen MR) is 561 cm³/mol. The fourth-order valence-corrected chi connectivity index (χ4v) is 21.8. The van der Waals surface area contributed by atoms with E-state index in [2.05, 4.69) is 354 Å². The Bertz CT molecular complexity index is 7740. The van der Waals surface area contributed by atoms with Crippen molar-refractivity contribution in [2.75, 3.05) is 14.7 Å². The third-order valence-electron chi connectivity index (χ3n) is 29.3. The molecule has 0 saturated heterocycles. The molecule has 0 spiro atoms. The molecule has 0 heterocycles. The molecule has 0 unspecified atom stereocenters. The molecule has 0 bridgehead atoms. The lowest BCUT2D eigenvalue weighted by molar-refractivity contribution is 0.0725. The fourth-order valence-electron chi connectivity index (χ4n) is 21.8. The standard InChI is InChI=1S/C128H93N3O6/c1-125(2)116-29-17-14-26-110(116)113-65-56-104(77-119(113)125)129(101-53-38-89-68-83-20-8-11-23-86(83)71-92(89)74-101)98-47-32-80(33-48-98)122(132)135-107-59-41-95(42-60-107)128(7,96-43-61-108(62-44-96)136-123(133)81-34-49-99(50-35-81)130(102-54-39-90-69-84-21-9-12-24-87(84)72-93(90)75-102)105-57-66-114-111-27-15-18-30-117(111)126(3,4)120(114)78-105)97-45-63-109(64-46-97)137-124(134)82-36-51-100(52-37-82)131(103-55-40-91-70-85-22-10-13-25-88(85)73-94(91)76-103)106-58-67-115-112-28-16-19-31-118(112)127(5,6)121(115)79-106/h8-79H,1-7H3. The number of benzene rings is 21. The van der Waals surface area contributed by atoms with Gasteiger partial charge in [0, 0.05) is 72.8 Å². The highest BCUT2D eigenvalue weighted by Gasteiger charge is 2.40. The molecule has 0 aliphatic heterocycles. The Hall–Kier alpha value is -17.0. The van der Waals surface area contributed by atoms with Crippen molar-refractivity contribution in [3.8, 4) is 50.6 Å². The lowest BCUT2D eigenvalue weighted by Crippen LogP contribution is -2.25. The van der Waals surface area contributed by atoms with Crippen LogP contribution in [0.5, 0.6) is 17.2 Å². The Morgan fingerprint density at radius 3 is 0.664 bits per heavy atom. The normalized spacial score (nSPS) is 13.3. The average molecular weight is 1770 g/mol. The highest BCUT2D eigenvalue weighted by Crippen LogP contribution is 2.56. The van der Waals surface area contributed by atoms with Gasteiger partial charge in [0.15, 0.2) is 0 Å². The average Bonchev–Trinajstić information content (AvgIpc) is 1.58. The van der Waals surface area contributed by atoms with Crippen LogP contribution < -0.4 is 28.9 Å². The summed E-state index contributed by atoms with van der Waals surface area (Å²) >= 11 is 0. The van der Waals surface area contributed by atoms with Crippen LogP contribution in [0.15, 0.2) is 437 Å². The number of esters is 3. The van der Waals surface area contributed by atoms with Crippen molar-refractivity contribution in [2.45, 2.75) is 70.1 Å². The van der Waals surface area contributed by atoms with Crippen molar-refractivity contribution in [3.63, 3.8) is 0 Å². The Labute approximate surface area is 796 Å². The molecule has 0 amide bonds. The van der Waals surface area contributed by atoms with Gasteiger partial charge < -0.3 is 28.9 Å². The van der Waals surface area contributed by atoms with Crippen LogP contribution in [0, 0.1) is 0 Å². The summed E-state index contributed by atoms with van der Waals surface area (Å²) in [4.78, 5) is 50.6. The molecule has 3 aliphatic rings. The van der Waals surface area contributed by atoms with Gasteiger partial charge in [0.05, 0.1) is 16.7 Å². The number of carbonyl (C=O) groups excluding carboxylic acids is 3. The van der Waals surface area contributed by atoms with Gasteiger partial charge in [-0.2, -0.15) is 0 Å². The lowest BCUT2D eigenvalue weighted by Gasteiger charge is -2.32. The zero-order valence-corrected chi connectivity index (χ0v) is 76.9. The molecule has 0 N–H and O–H groups in total. The van der Waals surface area contributed by atoms with Gasteiger partial charge in [-0.15, -0.1) is 0 Å². The molecule has 0 atom stereocenters. The quantitative estimate of drug-likeness (QED) is 0.0361. The molecule has 24 rings (SSSR count).